The van der Waals surface area contributed by atoms with Gasteiger partial charge >= 0.3 is 0 Å². The molecule has 4 rings (SSSR count). The molecule has 2 heterocycles. The fourth-order valence-electron chi connectivity index (χ4n) is 5.48. The molecule has 2 amide bonds. The van der Waals surface area contributed by atoms with E-state index in [9.17, 15) is 9.59 Å². The van der Waals surface area contributed by atoms with Crippen LogP contribution in [0, 0.1) is 11.8 Å². The van der Waals surface area contributed by atoms with Gasteiger partial charge in [0.2, 0.25) is 11.8 Å². The molecule has 4 atom stereocenters. The molecule has 0 aromatic rings. The Morgan fingerprint density at radius 3 is 1.52 bits per heavy atom. The van der Waals surface area contributed by atoms with Crippen molar-refractivity contribution >= 4 is 11.8 Å². The molecule has 23 heavy (non-hydrogen) atoms. The highest BCUT2D eigenvalue weighted by molar-refractivity contribution is 5.77. The van der Waals surface area contributed by atoms with E-state index >= 15 is 0 Å². The van der Waals surface area contributed by atoms with Crippen LogP contribution in [0.5, 0.6) is 0 Å². The molecule has 128 valence electrons. The fraction of sp³-hybridized carbons (Fsp3) is 0.895. The van der Waals surface area contributed by atoms with Gasteiger partial charge in [0.25, 0.3) is 0 Å². The second-order valence-electron chi connectivity index (χ2n) is 8.32. The summed E-state index contributed by atoms with van der Waals surface area (Å²) in [6.07, 6.45) is 11.9. The Morgan fingerprint density at radius 2 is 1.17 bits per heavy atom. The maximum absolute atomic E-state index is 12.3. The van der Waals surface area contributed by atoms with E-state index in [0.29, 0.717) is 36.7 Å². The average molecular weight is 318 g/mol. The van der Waals surface area contributed by atoms with E-state index in [1.54, 1.807) is 0 Å². The molecule has 0 aromatic carbocycles. The molecule has 0 N–H and O–H groups in total. The van der Waals surface area contributed by atoms with Gasteiger partial charge in [-0.05, 0) is 63.2 Å². The minimum Gasteiger partial charge on any atom is -0.339 e. The lowest BCUT2D eigenvalue weighted by Gasteiger charge is -2.27. The summed E-state index contributed by atoms with van der Waals surface area (Å²) in [7, 11) is 0. The highest BCUT2D eigenvalue weighted by atomic mass is 16.2. The van der Waals surface area contributed by atoms with Crippen molar-refractivity contribution < 1.29 is 9.59 Å². The lowest BCUT2D eigenvalue weighted by Crippen LogP contribution is -2.37. The molecule has 0 radical (unpaired) electrons. The lowest BCUT2D eigenvalue weighted by atomic mass is 10.1. The van der Waals surface area contributed by atoms with Crippen molar-refractivity contribution in [2.75, 3.05) is 13.1 Å². The van der Waals surface area contributed by atoms with Crippen LogP contribution >= 0.6 is 0 Å². The number of unbranched alkanes of at least 4 members (excludes halogenated alkanes) is 2. The third-order valence-corrected chi connectivity index (χ3v) is 6.74. The minimum absolute atomic E-state index is 0.361. The van der Waals surface area contributed by atoms with Gasteiger partial charge in [0.05, 0.1) is 0 Å². The van der Waals surface area contributed by atoms with Crippen LogP contribution in [0.1, 0.15) is 70.6 Å². The second-order valence-corrected chi connectivity index (χ2v) is 8.32. The van der Waals surface area contributed by atoms with Crippen molar-refractivity contribution in [3.8, 4) is 0 Å². The van der Waals surface area contributed by atoms with Gasteiger partial charge in [0.15, 0.2) is 0 Å². The standard InChI is InChI=1S/C19H30N2O2/c22-18(20-12-14-6-8-16(20)10-14)4-2-1-3-5-19(23)21-13-15-7-9-17(21)11-15/h14-17H,1-13H2. The van der Waals surface area contributed by atoms with Crippen molar-refractivity contribution in [3.05, 3.63) is 0 Å². The van der Waals surface area contributed by atoms with Gasteiger partial charge in [-0.25, -0.2) is 0 Å². The molecule has 0 aromatic heterocycles. The smallest absolute Gasteiger partial charge is 0.222 e. The van der Waals surface area contributed by atoms with Crippen molar-refractivity contribution in [2.24, 2.45) is 11.8 Å². The SMILES string of the molecule is O=C(CCCCCC(=O)N1CC2CCC1C2)N1CC2CCC1C2. The highest BCUT2D eigenvalue weighted by Gasteiger charge is 2.40. The maximum atomic E-state index is 12.3. The van der Waals surface area contributed by atoms with Gasteiger partial charge in [-0.3, -0.25) is 9.59 Å². The summed E-state index contributed by atoms with van der Waals surface area (Å²) in [5.74, 6) is 2.30. The number of likely N-dealkylation sites (tertiary alicyclic amines) is 2. The van der Waals surface area contributed by atoms with Gasteiger partial charge in [0.1, 0.15) is 0 Å². The summed E-state index contributed by atoms with van der Waals surface area (Å²) in [4.78, 5) is 28.8. The van der Waals surface area contributed by atoms with E-state index in [1.807, 2.05) is 0 Å². The monoisotopic (exact) mass is 318 g/mol. The van der Waals surface area contributed by atoms with Crippen LogP contribution in [0.4, 0.5) is 0 Å². The Labute approximate surface area is 139 Å². The molecule has 2 aliphatic carbocycles. The predicted octanol–water partition coefficient (Wildman–Crippen LogP) is 2.96. The topological polar surface area (TPSA) is 40.6 Å². The van der Waals surface area contributed by atoms with E-state index < -0.39 is 0 Å². The summed E-state index contributed by atoms with van der Waals surface area (Å²) in [6.45, 7) is 2.03. The maximum Gasteiger partial charge on any atom is 0.222 e. The zero-order valence-electron chi connectivity index (χ0n) is 14.2. The first kappa shape index (κ1) is 15.5. The summed E-state index contributed by atoms with van der Waals surface area (Å²) < 4.78 is 0. The Hall–Kier alpha value is -1.06. The van der Waals surface area contributed by atoms with Crippen molar-refractivity contribution in [3.63, 3.8) is 0 Å². The zero-order valence-corrected chi connectivity index (χ0v) is 14.2. The van der Waals surface area contributed by atoms with Gasteiger partial charge < -0.3 is 9.80 Å². The summed E-state index contributed by atoms with van der Waals surface area (Å²) in [5.41, 5.74) is 0. The second kappa shape index (κ2) is 6.45. The number of hydrogen-bond acceptors (Lipinski definition) is 2. The quantitative estimate of drug-likeness (QED) is 0.707. The number of piperidine rings is 2. The lowest BCUT2D eigenvalue weighted by molar-refractivity contribution is -0.133. The number of nitrogens with zero attached hydrogens (tertiary/aromatic N) is 2. The molecule has 4 nitrogen and oxygen atoms in total. The van der Waals surface area contributed by atoms with E-state index in [4.69, 9.17) is 0 Å². The van der Waals surface area contributed by atoms with Gasteiger partial charge in [-0.2, -0.15) is 0 Å². The number of amides is 2. The largest absolute Gasteiger partial charge is 0.339 e. The van der Waals surface area contributed by atoms with Crippen molar-refractivity contribution in [2.45, 2.75) is 82.7 Å². The van der Waals surface area contributed by atoms with Crippen LogP contribution in [-0.2, 0) is 9.59 Å². The first-order valence-electron chi connectivity index (χ1n) is 9.79. The molecule has 4 heteroatoms. The first-order chi connectivity index (χ1) is 11.2. The number of carbonyl (C=O) groups is 2. The summed E-state index contributed by atoms with van der Waals surface area (Å²) >= 11 is 0. The third kappa shape index (κ3) is 3.14. The van der Waals surface area contributed by atoms with Gasteiger partial charge in [-0.15, -0.1) is 0 Å². The van der Waals surface area contributed by atoms with Crippen LogP contribution in [0.15, 0.2) is 0 Å². The normalized spacial score (nSPS) is 34.6. The molecule has 4 unspecified atom stereocenters. The zero-order chi connectivity index (χ0) is 15.8. The Bertz CT molecular complexity index is 436. The molecule has 4 bridgehead atoms. The third-order valence-electron chi connectivity index (χ3n) is 6.74. The Balaban J connectivity index is 1.10. The summed E-state index contributed by atoms with van der Waals surface area (Å²) in [6, 6.07) is 1.11. The van der Waals surface area contributed by atoms with Gasteiger partial charge in [0, 0.05) is 38.0 Å². The number of hydrogen-bond donors (Lipinski definition) is 0. The molecule has 4 aliphatic rings. The van der Waals surface area contributed by atoms with Crippen molar-refractivity contribution in [1.29, 1.82) is 0 Å². The predicted molar refractivity (Wildman–Crippen MR) is 88.8 cm³/mol. The van der Waals surface area contributed by atoms with Crippen LogP contribution in [0.2, 0.25) is 0 Å². The molecule has 2 aliphatic heterocycles. The van der Waals surface area contributed by atoms with Crippen LogP contribution in [0.3, 0.4) is 0 Å². The molecule has 2 saturated carbocycles. The van der Waals surface area contributed by atoms with E-state index in [1.165, 1.54) is 38.5 Å². The van der Waals surface area contributed by atoms with Crippen LogP contribution in [-0.4, -0.2) is 46.8 Å². The first-order valence-corrected chi connectivity index (χ1v) is 9.79. The minimum atomic E-state index is 0.361. The number of fused-ring (bicyclic) bond motifs is 4. The van der Waals surface area contributed by atoms with Gasteiger partial charge in [-0.1, -0.05) is 6.42 Å². The Morgan fingerprint density at radius 1 is 0.696 bits per heavy atom. The molecule has 0 spiro atoms. The molecular formula is C19H30N2O2. The Kier molecular flexibility index (Phi) is 4.33. The highest BCUT2D eigenvalue weighted by Crippen LogP contribution is 2.38. The fourth-order valence-corrected chi connectivity index (χ4v) is 5.48. The molecular weight excluding hydrogens is 288 g/mol. The van der Waals surface area contributed by atoms with Crippen LogP contribution in [0.25, 0.3) is 0 Å². The van der Waals surface area contributed by atoms with E-state index in [0.717, 1.165) is 44.2 Å². The number of rotatable bonds is 6. The molecule has 4 fully saturated rings. The van der Waals surface area contributed by atoms with Crippen LogP contribution < -0.4 is 0 Å². The van der Waals surface area contributed by atoms with E-state index in [2.05, 4.69) is 9.80 Å². The molecule has 2 saturated heterocycles. The summed E-state index contributed by atoms with van der Waals surface area (Å²) in [5, 5.41) is 0. The average Bonchev–Trinajstić information content (AvgIpc) is 3.33. The number of carbonyl (C=O) groups excluding carboxylic acids is 2. The van der Waals surface area contributed by atoms with E-state index in [-0.39, 0.29) is 0 Å². The van der Waals surface area contributed by atoms with Crippen molar-refractivity contribution in [1.82, 2.24) is 9.80 Å².